The van der Waals surface area contributed by atoms with E-state index in [-0.39, 0.29) is 0 Å². The van der Waals surface area contributed by atoms with Crippen LogP contribution in [0.25, 0.3) is 5.70 Å². The van der Waals surface area contributed by atoms with Crippen molar-refractivity contribution in [2.75, 3.05) is 28.6 Å². The number of anilines is 5. The molecule has 0 bridgehead atoms. The van der Waals surface area contributed by atoms with Gasteiger partial charge in [0.15, 0.2) is 11.8 Å². The van der Waals surface area contributed by atoms with E-state index in [2.05, 4.69) is 69.1 Å². The van der Waals surface area contributed by atoms with Crippen LogP contribution in [0.3, 0.4) is 0 Å². The number of nitrogens with one attached hydrogen (secondary N) is 2. The van der Waals surface area contributed by atoms with Crippen molar-refractivity contribution in [3.63, 3.8) is 0 Å². The third-order valence-electron chi connectivity index (χ3n) is 11.3. The highest BCUT2D eigenvalue weighted by molar-refractivity contribution is 6.26. The van der Waals surface area contributed by atoms with Crippen LogP contribution in [0.1, 0.15) is 97.1 Å². The van der Waals surface area contributed by atoms with Crippen LogP contribution < -0.4 is 15.5 Å². The first-order valence-corrected chi connectivity index (χ1v) is 20.1. The Kier molecular flexibility index (Phi) is 8.95. The average Bonchev–Trinajstić information content (AvgIpc) is 3.98. The second kappa shape index (κ2) is 14.6. The molecule has 4 aliphatic heterocycles. The van der Waals surface area contributed by atoms with Gasteiger partial charge in [0.05, 0.1) is 34.2 Å². The average molecular weight is 760 g/mol. The number of furan rings is 2. The first-order chi connectivity index (χ1) is 27.9. The Morgan fingerprint density at radius 2 is 1.37 bits per heavy atom. The van der Waals surface area contributed by atoms with E-state index < -0.39 is 0 Å². The molecule has 0 unspecified atom stereocenters. The molecule has 2 N–H and O–H groups in total. The summed E-state index contributed by atoms with van der Waals surface area (Å²) >= 11 is 0. The number of hydrogen-bond acceptors (Lipinski definition) is 12. The number of oxazole rings is 1. The van der Waals surface area contributed by atoms with Crippen LogP contribution in [0.2, 0.25) is 0 Å². The van der Waals surface area contributed by atoms with Gasteiger partial charge in [-0.05, 0) is 113 Å². The molecule has 5 aromatic rings. The molecule has 12 nitrogen and oxygen atoms in total. The van der Waals surface area contributed by atoms with Crippen LogP contribution in [-0.2, 0) is 0 Å². The zero-order valence-corrected chi connectivity index (χ0v) is 32.5. The number of amidine groups is 1. The van der Waals surface area contributed by atoms with Gasteiger partial charge in [-0.15, -0.1) is 0 Å². The normalized spacial score (nSPS) is 18.2. The van der Waals surface area contributed by atoms with Gasteiger partial charge >= 0.3 is 0 Å². The Morgan fingerprint density at radius 1 is 0.667 bits per heavy atom. The number of aryl methyl sites for hydroxylation is 3. The van der Waals surface area contributed by atoms with Crippen molar-refractivity contribution < 1.29 is 13.3 Å². The summed E-state index contributed by atoms with van der Waals surface area (Å²) in [5.74, 6) is 5.00. The fraction of sp³-hybridized carbons (Fsp3) is 0.311. The molecule has 12 heteroatoms. The van der Waals surface area contributed by atoms with Gasteiger partial charge < -0.3 is 28.8 Å². The van der Waals surface area contributed by atoms with Crippen molar-refractivity contribution >= 4 is 58.0 Å². The third kappa shape index (κ3) is 7.00. The monoisotopic (exact) mass is 759 g/mol. The number of benzene rings is 2. The van der Waals surface area contributed by atoms with Crippen molar-refractivity contribution in [1.82, 2.24) is 9.88 Å². The summed E-state index contributed by atoms with van der Waals surface area (Å²) in [5.41, 5.74) is 9.17. The Balaban J connectivity index is 1.11. The van der Waals surface area contributed by atoms with E-state index in [0.29, 0.717) is 41.3 Å². The first kappa shape index (κ1) is 35.0. The van der Waals surface area contributed by atoms with Crippen molar-refractivity contribution in [3.8, 4) is 0 Å². The molecule has 0 atom stereocenters. The van der Waals surface area contributed by atoms with Gasteiger partial charge in [-0.3, -0.25) is 0 Å². The zero-order chi connectivity index (χ0) is 38.5. The summed E-state index contributed by atoms with van der Waals surface area (Å²) in [6.45, 7) is 7.84. The summed E-state index contributed by atoms with van der Waals surface area (Å²) in [4.78, 5) is 29.1. The minimum atomic E-state index is 0.306. The molecule has 7 heterocycles. The van der Waals surface area contributed by atoms with Crippen LogP contribution in [0.15, 0.2) is 118 Å². The van der Waals surface area contributed by atoms with E-state index in [1.807, 2.05) is 49.9 Å². The number of guanidine groups is 2. The Labute approximate surface area is 331 Å². The molecule has 5 aliphatic rings. The molecule has 2 aromatic carbocycles. The zero-order valence-electron chi connectivity index (χ0n) is 32.5. The van der Waals surface area contributed by atoms with E-state index in [1.54, 1.807) is 6.26 Å². The lowest BCUT2D eigenvalue weighted by molar-refractivity contribution is 0.443. The predicted octanol–water partition coefficient (Wildman–Crippen LogP) is 10.5. The fourth-order valence-electron chi connectivity index (χ4n) is 8.40. The topological polar surface area (TPSA) is 132 Å². The molecule has 1 saturated heterocycles. The molecule has 2 fully saturated rings. The van der Waals surface area contributed by atoms with Crippen molar-refractivity contribution in [2.45, 2.75) is 78.1 Å². The number of aromatic nitrogens is 1. The minimum Gasteiger partial charge on any atom is -0.446 e. The maximum Gasteiger partial charge on any atom is 0.265 e. The van der Waals surface area contributed by atoms with Gasteiger partial charge in [0.2, 0.25) is 17.8 Å². The summed E-state index contributed by atoms with van der Waals surface area (Å²) in [5, 5.41) is 7.17. The van der Waals surface area contributed by atoms with Crippen molar-refractivity contribution in [3.05, 3.63) is 125 Å². The van der Waals surface area contributed by atoms with E-state index >= 15 is 0 Å². The third-order valence-corrected chi connectivity index (χ3v) is 11.3. The lowest BCUT2D eigenvalue weighted by atomic mass is 9.83. The van der Waals surface area contributed by atoms with E-state index in [0.717, 1.165) is 75.6 Å². The van der Waals surface area contributed by atoms with E-state index in [4.69, 9.17) is 33.2 Å². The summed E-state index contributed by atoms with van der Waals surface area (Å²) in [6, 6.07) is 21.1. The lowest BCUT2D eigenvalue weighted by Gasteiger charge is -2.33. The van der Waals surface area contributed by atoms with Crippen LogP contribution in [0.5, 0.6) is 0 Å². The Morgan fingerprint density at radius 3 is 2.07 bits per heavy atom. The highest BCUT2D eigenvalue weighted by atomic mass is 16.4. The molecule has 57 heavy (non-hydrogen) atoms. The van der Waals surface area contributed by atoms with Gasteiger partial charge in [-0.25, -0.2) is 19.9 Å². The molecule has 3 aromatic heterocycles. The van der Waals surface area contributed by atoms with Gasteiger partial charge in [-0.1, -0.05) is 31.4 Å². The molecule has 0 amide bonds. The molecular formula is C45H45N9O3. The minimum absolute atomic E-state index is 0.306. The van der Waals surface area contributed by atoms with Crippen LogP contribution in [0.4, 0.5) is 28.8 Å². The fourth-order valence-corrected chi connectivity index (χ4v) is 8.40. The Hall–Kier alpha value is -6.43. The highest BCUT2D eigenvalue weighted by Gasteiger charge is 2.35. The molecule has 0 spiro atoms. The Bertz CT molecular complexity index is 2440. The quantitative estimate of drug-likeness (QED) is 0.152. The van der Waals surface area contributed by atoms with Gasteiger partial charge in [0.1, 0.15) is 17.8 Å². The number of allylic oxidation sites excluding steroid dienone is 2. The number of rotatable bonds is 9. The summed E-state index contributed by atoms with van der Waals surface area (Å²) < 4.78 is 17.9. The molecule has 1 saturated carbocycles. The predicted molar refractivity (Wildman–Crippen MR) is 225 cm³/mol. The maximum atomic E-state index is 6.02. The maximum absolute atomic E-state index is 6.02. The molecule has 0 radical (unpaired) electrons. The van der Waals surface area contributed by atoms with E-state index in [1.165, 1.54) is 56.9 Å². The number of hydrogen-bond donors (Lipinski definition) is 2. The van der Waals surface area contributed by atoms with Crippen LogP contribution in [-0.4, -0.2) is 46.4 Å². The summed E-state index contributed by atoms with van der Waals surface area (Å²) in [6.07, 6.45) is 15.6. The standard InChI is InChI=1S/C45H45N9O3/c1-27-26-55-43(46-27)42-51-44-49-38(34-16-14-31(30-10-6-4-7-11-30)22-36(34)47-40-18-12-28(2)56-40)24-33-25-39(50-45(52-42)54(33)44)35-17-15-32(53-20-8-5-9-21-53)23-37(35)48-41-19-13-29(3)57-41/h12-19,22-26,30,47-48H,4-11,20-21H2,1-3H3. The highest BCUT2D eigenvalue weighted by Crippen LogP contribution is 2.40. The van der Waals surface area contributed by atoms with Gasteiger partial charge in [0, 0.05) is 42.0 Å². The number of piperidine rings is 1. The number of aliphatic imine (C=N–C) groups is 4. The lowest BCUT2D eigenvalue weighted by Crippen LogP contribution is -2.42. The molecule has 10 rings (SSSR count). The van der Waals surface area contributed by atoms with E-state index in [9.17, 15) is 0 Å². The second-order valence-electron chi connectivity index (χ2n) is 15.5. The van der Waals surface area contributed by atoms with Gasteiger partial charge in [0.25, 0.3) is 5.89 Å². The second-order valence-corrected chi connectivity index (χ2v) is 15.5. The first-order valence-electron chi connectivity index (χ1n) is 20.1. The largest absolute Gasteiger partial charge is 0.446 e. The molecule has 288 valence electrons. The number of nitrogens with zero attached hydrogens (tertiary/aromatic N) is 7. The smallest absolute Gasteiger partial charge is 0.265 e. The molecule has 1 aliphatic carbocycles. The van der Waals surface area contributed by atoms with Crippen LogP contribution >= 0.6 is 0 Å². The summed E-state index contributed by atoms with van der Waals surface area (Å²) in [7, 11) is 0. The van der Waals surface area contributed by atoms with Crippen molar-refractivity contribution in [2.24, 2.45) is 20.0 Å². The SMILES string of the molecule is Cc1coc(C2=NC3=NC(c4ccc(N5CCCCC5)cc4Nc4ccc(C)o4)=CC4=CC(c5ccc(C6CCCCC6)cc5Nc5ccc(C)o5)=NC(=N2)N43)n1. The van der Waals surface area contributed by atoms with Crippen molar-refractivity contribution in [1.29, 1.82) is 0 Å². The molecular weight excluding hydrogens is 715 g/mol. The van der Waals surface area contributed by atoms with Gasteiger partial charge in [-0.2, -0.15) is 9.98 Å². The van der Waals surface area contributed by atoms with Crippen LogP contribution in [0, 0.1) is 20.8 Å².